The van der Waals surface area contributed by atoms with Crippen LogP contribution in [0.5, 0.6) is 0 Å². The first-order chi connectivity index (χ1) is 16.8. The van der Waals surface area contributed by atoms with E-state index in [4.69, 9.17) is 11.6 Å². The molecular weight excluding hydrogens is 462 g/mol. The number of hydrogen-bond acceptors (Lipinski definition) is 5. The van der Waals surface area contributed by atoms with Crippen LogP contribution in [0.3, 0.4) is 0 Å². The molecule has 2 heterocycles. The predicted molar refractivity (Wildman–Crippen MR) is 139 cm³/mol. The summed E-state index contributed by atoms with van der Waals surface area (Å²) in [7, 11) is 0. The van der Waals surface area contributed by atoms with Crippen molar-refractivity contribution in [2.45, 2.75) is 26.8 Å². The second-order valence-electron chi connectivity index (χ2n) is 9.02. The number of amides is 2. The van der Waals surface area contributed by atoms with Crippen molar-refractivity contribution in [3.05, 3.63) is 76.8 Å². The van der Waals surface area contributed by atoms with Gasteiger partial charge in [-0.25, -0.2) is 0 Å². The third kappa shape index (κ3) is 5.80. The summed E-state index contributed by atoms with van der Waals surface area (Å²) in [6.07, 6.45) is 0. The lowest BCUT2D eigenvalue weighted by molar-refractivity contribution is -0.132. The second-order valence-corrected chi connectivity index (χ2v) is 9.42. The number of carbonyl (C=O) groups excluding carboxylic acids is 2. The topological polar surface area (TPSA) is 69.6 Å². The van der Waals surface area contributed by atoms with Gasteiger partial charge in [0.2, 0.25) is 5.91 Å². The molecule has 0 bridgehead atoms. The van der Waals surface area contributed by atoms with E-state index in [1.54, 1.807) is 34.1 Å². The van der Waals surface area contributed by atoms with E-state index < -0.39 is 0 Å². The third-order valence-electron chi connectivity index (χ3n) is 6.25. The maximum atomic E-state index is 13.1. The number of anilines is 1. The molecule has 7 nitrogen and oxygen atoms in total. The summed E-state index contributed by atoms with van der Waals surface area (Å²) in [5.74, 6) is 0.492. The minimum absolute atomic E-state index is 0.0206. The molecule has 1 saturated heterocycles. The van der Waals surface area contributed by atoms with E-state index in [1.807, 2.05) is 38.1 Å². The molecule has 182 valence electrons. The Hall–Kier alpha value is -3.45. The number of nitrogens with zero attached hydrogens (tertiary/aromatic N) is 5. The van der Waals surface area contributed by atoms with E-state index in [-0.39, 0.29) is 24.4 Å². The Balaban J connectivity index is 1.35. The number of aromatic nitrogens is 2. The van der Waals surface area contributed by atoms with Crippen molar-refractivity contribution in [2.24, 2.45) is 0 Å². The Labute approximate surface area is 211 Å². The maximum Gasteiger partial charge on any atom is 0.256 e. The van der Waals surface area contributed by atoms with E-state index in [1.165, 1.54) is 5.56 Å². The number of aryl methyl sites for hydroxylation is 1. The quantitative estimate of drug-likeness (QED) is 0.514. The lowest BCUT2D eigenvalue weighted by Crippen LogP contribution is -2.53. The molecule has 0 radical (unpaired) electrons. The molecule has 1 fully saturated rings. The third-order valence-corrected chi connectivity index (χ3v) is 6.58. The van der Waals surface area contributed by atoms with Crippen LogP contribution in [-0.4, -0.2) is 70.6 Å². The van der Waals surface area contributed by atoms with Crippen molar-refractivity contribution in [1.82, 2.24) is 20.0 Å². The molecule has 35 heavy (non-hydrogen) atoms. The van der Waals surface area contributed by atoms with Crippen LogP contribution in [0.15, 0.2) is 60.7 Å². The molecule has 4 rings (SSSR count). The van der Waals surface area contributed by atoms with Crippen LogP contribution in [0.2, 0.25) is 5.02 Å². The average molecular weight is 492 g/mol. The molecule has 1 aromatic heterocycles. The summed E-state index contributed by atoms with van der Waals surface area (Å²) in [5, 5.41) is 9.20. The SMILES string of the molecule is Cc1ccc(-c2ccc(N3CCN(C(=O)CN(C(=O)c4ccccc4Cl)C(C)C)CC3)nn2)cc1. The minimum Gasteiger partial charge on any atom is -0.352 e. The molecule has 0 unspecified atom stereocenters. The van der Waals surface area contributed by atoms with Gasteiger partial charge in [0.1, 0.15) is 6.54 Å². The monoisotopic (exact) mass is 491 g/mol. The van der Waals surface area contributed by atoms with Gasteiger partial charge in [-0.15, -0.1) is 10.2 Å². The lowest BCUT2D eigenvalue weighted by atomic mass is 10.1. The van der Waals surface area contributed by atoms with E-state index in [2.05, 4.69) is 34.2 Å². The van der Waals surface area contributed by atoms with Crippen molar-refractivity contribution in [3.8, 4) is 11.3 Å². The number of carbonyl (C=O) groups is 2. The summed E-state index contributed by atoms with van der Waals surface area (Å²) in [4.78, 5) is 31.6. The first-order valence-corrected chi connectivity index (χ1v) is 12.2. The van der Waals surface area contributed by atoms with Gasteiger partial charge in [0.25, 0.3) is 5.91 Å². The number of rotatable bonds is 6. The Morgan fingerprint density at radius 2 is 1.63 bits per heavy atom. The summed E-state index contributed by atoms with van der Waals surface area (Å²) < 4.78 is 0. The van der Waals surface area contributed by atoms with E-state index in [0.29, 0.717) is 36.8 Å². The van der Waals surface area contributed by atoms with E-state index >= 15 is 0 Å². The fourth-order valence-electron chi connectivity index (χ4n) is 4.08. The molecule has 0 aliphatic carbocycles. The normalized spacial score (nSPS) is 13.7. The fraction of sp³-hybridized carbons (Fsp3) is 0.333. The second kappa shape index (κ2) is 10.9. The first kappa shape index (κ1) is 24.7. The van der Waals surface area contributed by atoms with E-state index in [0.717, 1.165) is 17.1 Å². The van der Waals surface area contributed by atoms with Crippen LogP contribution in [0.25, 0.3) is 11.3 Å². The van der Waals surface area contributed by atoms with Crippen molar-refractivity contribution < 1.29 is 9.59 Å². The van der Waals surface area contributed by atoms with Crippen LogP contribution < -0.4 is 4.90 Å². The highest BCUT2D eigenvalue weighted by molar-refractivity contribution is 6.33. The van der Waals surface area contributed by atoms with Crippen molar-refractivity contribution in [3.63, 3.8) is 0 Å². The Morgan fingerprint density at radius 1 is 0.943 bits per heavy atom. The van der Waals surface area contributed by atoms with Gasteiger partial charge in [0.05, 0.1) is 16.3 Å². The van der Waals surface area contributed by atoms with Crippen LogP contribution >= 0.6 is 11.6 Å². The summed E-state index contributed by atoms with van der Waals surface area (Å²) in [5.41, 5.74) is 3.48. The zero-order valence-corrected chi connectivity index (χ0v) is 21.1. The van der Waals surface area contributed by atoms with Crippen LogP contribution in [0.4, 0.5) is 5.82 Å². The Kier molecular flexibility index (Phi) is 7.66. The summed E-state index contributed by atoms with van der Waals surface area (Å²) >= 11 is 6.22. The summed E-state index contributed by atoms with van der Waals surface area (Å²) in [6.45, 7) is 8.32. The highest BCUT2D eigenvalue weighted by Crippen LogP contribution is 2.21. The maximum absolute atomic E-state index is 13.1. The van der Waals surface area contributed by atoms with Crippen molar-refractivity contribution in [2.75, 3.05) is 37.6 Å². The molecule has 0 N–H and O–H groups in total. The lowest BCUT2D eigenvalue weighted by Gasteiger charge is -2.36. The predicted octanol–water partition coefficient (Wildman–Crippen LogP) is 4.30. The molecule has 8 heteroatoms. The molecule has 1 aliphatic rings. The Bertz CT molecular complexity index is 1170. The molecule has 0 atom stereocenters. The van der Waals surface area contributed by atoms with Crippen molar-refractivity contribution in [1.29, 1.82) is 0 Å². The van der Waals surface area contributed by atoms with Gasteiger partial charge in [-0.05, 0) is 45.0 Å². The molecular formula is C27H30ClN5O2. The largest absolute Gasteiger partial charge is 0.352 e. The van der Waals surface area contributed by atoms with Gasteiger partial charge >= 0.3 is 0 Å². The smallest absolute Gasteiger partial charge is 0.256 e. The Morgan fingerprint density at radius 3 is 2.23 bits per heavy atom. The zero-order chi connectivity index (χ0) is 24.9. The van der Waals surface area contributed by atoms with Gasteiger partial charge in [-0.2, -0.15) is 0 Å². The molecule has 3 aromatic rings. The highest BCUT2D eigenvalue weighted by Gasteiger charge is 2.28. The van der Waals surface area contributed by atoms with Crippen molar-refractivity contribution >= 4 is 29.2 Å². The van der Waals surface area contributed by atoms with Crippen LogP contribution in [-0.2, 0) is 4.79 Å². The fourth-order valence-corrected chi connectivity index (χ4v) is 4.30. The van der Waals surface area contributed by atoms with Crippen LogP contribution in [0, 0.1) is 6.92 Å². The molecule has 2 amide bonds. The van der Waals surface area contributed by atoms with Gasteiger partial charge in [0.15, 0.2) is 5.82 Å². The first-order valence-electron chi connectivity index (χ1n) is 11.8. The van der Waals surface area contributed by atoms with E-state index in [9.17, 15) is 9.59 Å². The molecule has 0 spiro atoms. The van der Waals surface area contributed by atoms with Gasteiger partial charge in [-0.3, -0.25) is 9.59 Å². The average Bonchev–Trinajstić information content (AvgIpc) is 2.87. The summed E-state index contributed by atoms with van der Waals surface area (Å²) in [6, 6.07) is 18.9. The standard InChI is InChI=1S/C27H30ClN5O2/c1-19(2)33(27(35)22-6-4-5-7-23(22)28)18-26(34)32-16-14-31(15-17-32)25-13-12-24(29-30-25)21-10-8-20(3)9-11-21/h4-13,19H,14-18H2,1-3H3. The van der Waals surface area contributed by atoms with Crippen LogP contribution in [0.1, 0.15) is 29.8 Å². The van der Waals surface area contributed by atoms with Gasteiger partial charge < -0.3 is 14.7 Å². The highest BCUT2D eigenvalue weighted by atomic mass is 35.5. The van der Waals surface area contributed by atoms with Gasteiger partial charge in [-0.1, -0.05) is 53.6 Å². The van der Waals surface area contributed by atoms with Gasteiger partial charge in [0, 0.05) is 37.8 Å². The zero-order valence-electron chi connectivity index (χ0n) is 20.3. The number of piperazine rings is 1. The number of benzene rings is 2. The molecule has 2 aromatic carbocycles. The minimum atomic E-state index is -0.235. The molecule has 0 saturated carbocycles. The number of hydrogen-bond donors (Lipinski definition) is 0. The molecule has 1 aliphatic heterocycles. The number of halogens is 1.